The largest absolute Gasteiger partial charge is 0.497 e. The highest BCUT2D eigenvalue weighted by molar-refractivity contribution is 5.56. The predicted octanol–water partition coefficient (Wildman–Crippen LogP) is 2.63. The van der Waals surface area contributed by atoms with Gasteiger partial charge in [-0.05, 0) is 70.6 Å². The fourth-order valence-electron chi connectivity index (χ4n) is 6.51. The molecule has 4 saturated carbocycles. The third-order valence-corrected chi connectivity index (χ3v) is 6.78. The van der Waals surface area contributed by atoms with Gasteiger partial charge in [-0.2, -0.15) is 0 Å². The van der Waals surface area contributed by atoms with E-state index in [9.17, 15) is 0 Å². The van der Waals surface area contributed by atoms with E-state index in [4.69, 9.17) is 4.74 Å². The first kappa shape index (κ1) is 7.37. The quantitative estimate of drug-likeness (QED) is 0.692. The molecule has 1 nitrogen and oxygen atoms in total. The average molecular weight is 210 g/mol. The van der Waals surface area contributed by atoms with E-state index < -0.39 is 0 Å². The van der Waals surface area contributed by atoms with Gasteiger partial charge in [0.05, 0.1) is 7.11 Å². The maximum atomic E-state index is 5.38. The zero-order chi connectivity index (χ0) is 10.2. The van der Waals surface area contributed by atoms with Gasteiger partial charge in [-0.15, -0.1) is 0 Å². The normalized spacial score (nSPS) is 59.6. The molecule has 0 radical (unpaired) electrons. The molecule has 0 N–H and O–H groups in total. The molecule has 4 unspecified atom stereocenters. The van der Waals surface area contributed by atoms with Crippen molar-refractivity contribution in [3.63, 3.8) is 0 Å². The minimum absolute atomic E-state index is 0.945. The van der Waals surface area contributed by atoms with E-state index in [2.05, 4.69) is 18.2 Å². The molecule has 0 aliphatic heterocycles. The average Bonchev–Trinajstić information content (AvgIpc) is 2.30. The van der Waals surface area contributed by atoms with Gasteiger partial charge < -0.3 is 4.74 Å². The summed E-state index contributed by atoms with van der Waals surface area (Å²) in [5.74, 6) is 9.78. The Morgan fingerprint density at radius 1 is 0.812 bits per heavy atom. The molecular weight excluding hydrogens is 196 g/mol. The Morgan fingerprint density at radius 3 is 2.06 bits per heavy atom. The third kappa shape index (κ3) is 0.432. The fourth-order valence-corrected chi connectivity index (χ4v) is 6.51. The molecular formula is C15H14O. The molecule has 0 spiro atoms. The van der Waals surface area contributed by atoms with Gasteiger partial charge in [-0.1, -0.05) is 6.07 Å². The molecule has 4 fully saturated rings. The second kappa shape index (κ2) is 1.83. The van der Waals surface area contributed by atoms with Crippen molar-refractivity contribution in [2.45, 2.75) is 11.8 Å². The van der Waals surface area contributed by atoms with Gasteiger partial charge in [-0.3, -0.25) is 0 Å². The van der Waals surface area contributed by atoms with Gasteiger partial charge in [-0.25, -0.2) is 0 Å². The molecule has 1 aromatic carbocycles. The standard InChI is InChI=1S/C15H14O/c1-16-5-2-3-6-7(4-5)9-12-10-8(6)11-13(9)15(12)14(10)11/h2-4,8-15H,1H3/t8?,9?,10-,11+,12-,13-,14?,15?/m1/s1. The van der Waals surface area contributed by atoms with E-state index in [-0.39, 0.29) is 0 Å². The number of benzene rings is 1. The van der Waals surface area contributed by atoms with Crippen LogP contribution in [-0.4, -0.2) is 7.11 Å². The molecule has 8 atom stereocenters. The highest BCUT2D eigenvalue weighted by Crippen LogP contribution is 2.94. The Hall–Kier alpha value is -0.980. The van der Waals surface area contributed by atoms with E-state index in [0.29, 0.717) is 0 Å². The summed E-state index contributed by atoms with van der Waals surface area (Å²) in [5, 5.41) is 0. The second-order valence-electron chi connectivity index (χ2n) is 6.51. The van der Waals surface area contributed by atoms with Crippen molar-refractivity contribution in [2.24, 2.45) is 35.5 Å². The molecule has 0 aromatic heterocycles. The molecule has 1 aromatic rings. The Kier molecular flexibility index (Phi) is 0.843. The Morgan fingerprint density at radius 2 is 1.44 bits per heavy atom. The van der Waals surface area contributed by atoms with Crippen LogP contribution >= 0.6 is 0 Å². The van der Waals surface area contributed by atoms with Crippen molar-refractivity contribution in [3.05, 3.63) is 29.3 Å². The van der Waals surface area contributed by atoms with Gasteiger partial charge in [0.15, 0.2) is 0 Å². The number of methoxy groups -OCH3 is 1. The van der Waals surface area contributed by atoms with E-state index in [1.165, 1.54) is 11.8 Å². The Labute approximate surface area is 94.8 Å². The van der Waals surface area contributed by atoms with Crippen molar-refractivity contribution < 1.29 is 4.74 Å². The van der Waals surface area contributed by atoms with Crippen molar-refractivity contribution in [1.82, 2.24) is 0 Å². The molecule has 0 saturated heterocycles. The van der Waals surface area contributed by atoms with Crippen LogP contribution in [-0.2, 0) is 0 Å². The summed E-state index contributed by atoms with van der Waals surface area (Å²) in [4.78, 5) is 0. The number of ether oxygens (including phenoxy) is 1. The third-order valence-electron chi connectivity index (χ3n) is 6.78. The van der Waals surface area contributed by atoms with Gasteiger partial charge in [0.2, 0.25) is 0 Å². The maximum Gasteiger partial charge on any atom is 0.119 e. The van der Waals surface area contributed by atoms with Crippen LogP contribution in [0.15, 0.2) is 18.2 Å². The molecule has 7 rings (SSSR count). The van der Waals surface area contributed by atoms with Crippen LogP contribution in [0.2, 0.25) is 0 Å². The summed E-state index contributed by atoms with van der Waals surface area (Å²) in [6.07, 6.45) is 0. The first-order chi connectivity index (χ1) is 7.92. The fraction of sp³-hybridized carbons (Fsp3) is 0.600. The van der Waals surface area contributed by atoms with Gasteiger partial charge in [0.25, 0.3) is 0 Å². The molecule has 2 bridgehead atoms. The van der Waals surface area contributed by atoms with Crippen molar-refractivity contribution in [3.8, 4) is 5.75 Å². The zero-order valence-electron chi connectivity index (χ0n) is 9.26. The number of hydrogen-bond acceptors (Lipinski definition) is 1. The lowest BCUT2D eigenvalue weighted by Gasteiger charge is -2.93. The molecule has 6 aliphatic rings. The Balaban J connectivity index is 1.63. The van der Waals surface area contributed by atoms with Crippen molar-refractivity contribution in [2.75, 3.05) is 7.11 Å². The lowest BCUT2D eigenvalue weighted by molar-refractivity contribution is -0.407. The van der Waals surface area contributed by atoms with Crippen LogP contribution in [0.3, 0.4) is 0 Å². The van der Waals surface area contributed by atoms with Crippen molar-refractivity contribution >= 4 is 0 Å². The monoisotopic (exact) mass is 210 g/mol. The lowest BCUT2D eigenvalue weighted by Crippen LogP contribution is -2.87. The van der Waals surface area contributed by atoms with Crippen LogP contribution in [0.1, 0.15) is 23.0 Å². The summed E-state index contributed by atoms with van der Waals surface area (Å²) >= 11 is 0. The van der Waals surface area contributed by atoms with Gasteiger partial charge in [0, 0.05) is 0 Å². The summed E-state index contributed by atoms with van der Waals surface area (Å²) in [7, 11) is 1.78. The molecule has 6 aliphatic carbocycles. The van der Waals surface area contributed by atoms with E-state index in [1.54, 1.807) is 18.2 Å². The van der Waals surface area contributed by atoms with E-state index in [1.807, 2.05) is 0 Å². The first-order valence-electron chi connectivity index (χ1n) is 6.59. The SMILES string of the molecule is COc1ccc2c(c1)C1[C@H]3C4C5[C@H]3C2[C@@H]5[C@@H]14. The lowest BCUT2D eigenvalue weighted by atomic mass is 9.11. The minimum Gasteiger partial charge on any atom is -0.497 e. The van der Waals surface area contributed by atoms with E-state index >= 15 is 0 Å². The molecule has 16 heavy (non-hydrogen) atoms. The first-order valence-corrected chi connectivity index (χ1v) is 6.59. The van der Waals surface area contributed by atoms with Gasteiger partial charge >= 0.3 is 0 Å². The predicted molar refractivity (Wildman–Crippen MR) is 59.4 cm³/mol. The highest BCUT2D eigenvalue weighted by Gasteiger charge is 2.88. The van der Waals surface area contributed by atoms with Crippen LogP contribution < -0.4 is 4.74 Å². The highest BCUT2D eigenvalue weighted by atomic mass is 16.5. The second-order valence-corrected chi connectivity index (χ2v) is 6.51. The van der Waals surface area contributed by atoms with Crippen LogP contribution in [0.4, 0.5) is 0 Å². The zero-order valence-corrected chi connectivity index (χ0v) is 9.26. The van der Waals surface area contributed by atoms with Crippen LogP contribution in [0.5, 0.6) is 5.75 Å². The minimum atomic E-state index is 0.945. The van der Waals surface area contributed by atoms with Crippen LogP contribution in [0, 0.1) is 35.5 Å². The maximum absolute atomic E-state index is 5.38. The van der Waals surface area contributed by atoms with Gasteiger partial charge in [0.1, 0.15) is 5.75 Å². The molecule has 0 amide bonds. The van der Waals surface area contributed by atoms with E-state index in [0.717, 1.165) is 41.3 Å². The van der Waals surface area contributed by atoms with Crippen LogP contribution in [0.25, 0.3) is 0 Å². The number of rotatable bonds is 1. The molecule has 80 valence electrons. The number of hydrogen-bond donors (Lipinski definition) is 0. The summed E-state index contributed by atoms with van der Waals surface area (Å²) in [6.45, 7) is 0. The summed E-state index contributed by atoms with van der Waals surface area (Å²) < 4.78 is 5.38. The Bertz CT molecular complexity index is 528. The van der Waals surface area contributed by atoms with Crippen molar-refractivity contribution in [1.29, 1.82) is 0 Å². The molecule has 0 heterocycles. The summed E-state index contributed by atoms with van der Waals surface area (Å²) in [6, 6.07) is 6.86. The summed E-state index contributed by atoms with van der Waals surface area (Å²) in [5.41, 5.74) is 3.36. The smallest absolute Gasteiger partial charge is 0.119 e. The molecule has 1 heteroatoms. The topological polar surface area (TPSA) is 9.23 Å².